The van der Waals surface area contributed by atoms with E-state index in [2.05, 4.69) is 22.3 Å². The van der Waals surface area contributed by atoms with E-state index in [1.165, 1.54) is 12.1 Å². The number of allylic oxidation sites excluding steroid dienone is 1. The third-order valence-electron chi connectivity index (χ3n) is 4.88. The van der Waals surface area contributed by atoms with Crippen LogP contribution in [0.5, 0.6) is 0 Å². The van der Waals surface area contributed by atoms with E-state index >= 15 is 0 Å². The minimum absolute atomic E-state index is 0.0799. The fourth-order valence-electron chi connectivity index (χ4n) is 3.50. The first-order valence-corrected chi connectivity index (χ1v) is 11.9. The quantitative estimate of drug-likeness (QED) is 0.175. The highest BCUT2D eigenvalue weighted by molar-refractivity contribution is 14.1. The molecule has 2 aromatic carbocycles. The third kappa shape index (κ3) is 4.73. The summed E-state index contributed by atoms with van der Waals surface area (Å²) in [4.78, 5) is 9.06. The largest absolute Gasteiger partial charge is 0.388 e. The molecule has 0 spiro atoms. The van der Waals surface area contributed by atoms with Crippen LogP contribution in [0.3, 0.4) is 0 Å². The van der Waals surface area contributed by atoms with E-state index in [9.17, 15) is 11.8 Å². The highest BCUT2D eigenvalue weighted by Gasteiger charge is 2.30. The Hall–Kier alpha value is -2.66. The molecule has 1 aliphatic rings. The van der Waals surface area contributed by atoms with Crippen LogP contribution in [0.1, 0.15) is 18.0 Å². The lowest BCUT2D eigenvalue weighted by molar-refractivity contribution is -0.104. The Morgan fingerprint density at radius 2 is 2.06 bits per heavy atom. The summed E-state index contributed by atoms with van der Waals surface area (Å²) in [5.41, 5.74) is 2.70. The first-order chi connectivity index (χ1) is 15.5. The van der Waals surface area contributed by atoms with Crippen molar-refractivity contribution >= 4 is 50.6 Å². The molecule has 0 saturated heterocycles. The Labute approximate surface area is 199 Å². The van der Waals surface area contributed by atoms with Gasteiger partial charge < -0.3 is 10.6 Å². The van der Waals surface area contributed by atoms with Gasteiger partial charge >= 0.3 is 0 Å². The van der Waals surface area contributed by atoms with Crippen LogP contribution in [0.25, 0.3) is 11.3 Å². The minimum atomic E-state index is -1.62. The van der Waals surface area contributed by atoms with Gasteiger partial charge in [-0.15, -0.1) is 0 Å². The lowest BCUT2D eigenvalue weighted by atomic mass is 10.0. The van der Waals surface area contributed by atoms with Gasteiger partial charge in [0, 0.05) is 24.8 Å². The van der Waals surface area contributed by atoms with Crippen LogP contribution < -0.4 is 10.6 Å². The average Bonchev–Trinajstić information content (AvgIpc) is 3.21. The second-order valence-electron chi connectivity index (χ2n) is 6.73. The van der Waals surface area contributed by atoms with Gasteiger partial charge in [0.15, 0.2) is 32.8 Å². The van der Waals surface area contributed by atoms with E-state index in [4.69, 9.17) is 16.4 Å². The number of nitrogens with one attached hydrogen (secondary N) is 2. The number of carbonyl (C=O) groups excluding carboxylic acids is 1. The Bertz CT molecular complexity index is 1140. The molecule has 0 aliphatic carbocycles. The van der Waals surface area contributed by atoms with E-state index in [1.54, 1.807) is 4.68 Å². The molecule has 10 heteroatoms. The number of hydrogen-bond donors (Lipinski definition) is 2. The van der Waals surface area contributed by atoms with Crippen molar-refractivity contribution in [3.05, 3.63) is 74.8 Å². The number of rotatable bonds is 5. The molecule has 0 bridgehead atoms. The van der Waals surface area contributed by atoms with Gasteiger partial charge in [-0.2, -0.15) is 5.10 Å². The van der Waals surface area contributed by atoms with E-state index in [1.807, 2.05) is 31.3 Å². The molecule has 6 nitrogen and oxygen atoms in total. The standard InChI is InChI=1S/C19H16ClF2IN4O.C3H4O/c1-24-14-5-3-2-4-11(14)15-6-7-25-19-17(23-28)18(26-27(15)19)10-8-12(20)16(22)13(21)9-10;1-2-3-4/h2-5,8-9,15,24-25H,6-7H2,1H3;2-3H,1H2. The molecule has 32 heavy (non-hydrogen) atoms. The molecular formula is C22H20ClF2IN4O2. The molecular weight excluding hydrogens is 553 g/mol. The summed E-state index contributed by atoms with van der Waals surface area (Å²) in [5, 5.41) is 10.8. The fourth-order valence-corrected chi connectivity index (χ4v) is 4.98. The molecule has 1 atom stereocenters. The number of aromatic nitrogens is 2. The van der Waals surface area contributed by atoms with E-state index < -0.39 is 32.8 Å². The number of carbonyl (C=O) groups is 1. The number of nitrogens with zero attached hydrogens (tertiary/aromatic N) is 2. The van der Waals surface area contributed by atoms with Crippen LogP contribution in [-0.2, 0) is 7.86 Å². The number of para-hydroxylation sites is 1. The molecule has 0 amide bonds. The number of halogens is 4. The van der Waals surface area contributed by atoms with E-state index in [-0.39, 0.29) is 11.1 Å². The van der Waals surface area contributed by atoms with Crippen molar-refractivity contribution in [2.75, 3.05) is 24.2 Å². The third-order valence-corrected chi connectivity index (χ3v) is 6.62. The molecule has 1 unspecified atom stereocenters. The van der Waals surface area contributed by atoms with Gasteiger partial charge in [0.05, 0.1) is 11.1 Å². The van der Waals surface area contributed by atoms with Gasteiger partial charge in [-0.25, -0.2) is 13.5 Å². The van der Waals surface area contributed by atoms with Crippen LogP contribution in [0.4, 0.5) is 20.3 Å². The molecule has 0 saturated carbocycles. The number of fused-ring (bicyclic) bond motifs is 1. The summed E-state index contributed by atoms with van der Waals surface area (Å²) in [7, 11) is 1.85. The molecule has 0 fully saturated rings. The van der Waals surface area contributed by atoms with Crippen molar-refractivity contribution in [2.24, 2.45) is 0 Å². The number of hydrogen-bond acceptors (Lipinski definition) is 5. The van der Waals surface area contributed by atoms with E-state index in [0.717, 1.165) is 23.7 Å². The van der Waals surface area contributed by atoms with Crippen molar-refractivity contribution in [3.8, 4) is 11.3 Å². The summed E-state index contributed by atoms with van der Waals surface area (Å²) in [6, 6.07) is 10.2. The van der Waals surface area contributed by atoms with Crippen LogP contribution in [0.2, 0.25) is 5.02 Å². The van der Waals surface area contributed by atoms with Gasteiger partial charge in [-0.05, 0) is 36.3 Å². The maximum Gasteiger partial charge on any atom is 0.188 e. The first kappa shape index (κ1) is 24.0. The fraction of sp³-hybridized carbons (Fsp3) is 0.182. The van der Waals surface area contributed by atoms with Crippen LogP contribution in [-0.4, -0.2) is 29.7 Å². The summed E-state index contributed by atoms with van der Waals surface area (Å²) in [6.45, 7) is 3.79. The van der Waals surface area contributed by atoms with Gasteiger partial charge in [-0.1, -0.05) is 36.4 Å². The lowest BCUT2D eigenvalue weighted by Gasteiger charge is -2.27. The van der Waals surface area contributed by atoms with Crippen molar-refractivity contribution in [2.45, 2.75) is 12.5 Å². The first-order valence-electron chi connectivity index (χ1n) is 9.58. The predicted molar refractivity (Wildman–Crippen MR) is 129 cm³/mol. The normalized spacial score (nSPS) is 14.4. The molecule has 4 rings (SSSR count). The second kappa shape index (κ2) is 10.8. The zero-order chi connectivity index (χ0) is 23.3. The topological polar surface area (TPSA) is 76.0 Å². The van der Waals surface area contributed by atoms with Crippen molar-refractivity contribution < 1.29 is 16.6 Å². The smallest absolute Gasteiger partial charge is 0.188 e. The highest BCUT2D eigenvalue weighted by atomic mass is 127. The summed E-state index contributed by atoms with van der Waals surface area (Å²) in [6.07, 6.45) is 2.61. The molecule has 1 aliphatic heterocycles. The van der Waals surface area contributed by atoms with Crippen molar-refractivity contribution in [1.29, 1.82) is 0 Å². The van der Waals surface area contributed by atoms with Crippen LogP contribution in [0.15, 0.2) is 49.1 Å². The van der Waals surface area contributed by atoms with E-state index in [0.29, 0.717) is 33.5 Å². The number of aldehydes is 1. The number of benzene rings is 2. The number of anilines is 2. The second-order valence-corrected chi connectivity index (χ2v) is 8.65. The zero-order valence-corrected chi connectivity index (χ0v) is 20.0. The maximum atomic E-state index is 13.9. The monoisotopic (exact) mass is 572 g/mol. The van der Waals surface area contributed by atoms with Gasteiger partial charge in [0.25, 0.3) is 0 Å². The van der Waals surface area contributed by atoms with Gasteiger partial charge in [-0.3, -0.25) is 7.86 Å². The maximum absolute atomic E-state index is 13.9. The summed E-state index contributed by atoms with van der Waals surface area (Å²) in [5.74, 6) is -1.51. The Morgan fingerprint density at radius 3 is 2.69 bits per heavy atom. The van der Waals surface area contributed by atoms with Crippen molar-refractivity contribution in [3.63, 3.8) is 0 Å². The Balaban J connectivity index is 0.000000668. The Morgan fingerprint density at radius 1 is 1.34 bits per heavy atom. The average molecular weight is 573 g/mol. The molecule has 3 aromatic rings. The predicted octanol–water partition coefficient (Wildman–Crippen LogP) is 5.79. The molecule has 2 heterocycles. The van der Waals surface area contributed by atoms with Gasteiger partial charge in [0.2, 0.25) is 0 Å². The molecule has 2 N–H and O–H groups in total. The molecule has 1 aromatic heterocycles. The summed E-state index contributed by atoms with van der Waals surface area (Å²) >= 11 is 4.20. The highest BCUT2D eigenvalue weighted by Crippen LogP contribution is 2.41. The molecule has 168 valence electrons. The summed E-state index contributed by atoms with van der Waals surface area (Å²) < 4.78 is 41.9. The minimum Gasteiger partial charge on any atom is -0.388 e. The molecule has 0 radical (unpaired) electrons. The SMILES string of the molecule is C=CC=O.CNc1ccccc1C1CCNc2c(I=O)c(-c3cc(F)c(F)c(Cl)c3)nn21. The zero-order valence-electron chi connectivity index (χ0n) is 17.0. The lowest BCUT2D eigenvalue weighted by Crippen LogP contribution is -2.25. The van der Waals surface area contributed by atoms with Crippen LogP contribution in [0, 0.1) is 15.2 Å². The van der Waals surface area contributed by atoms with Crippen molar-refractivity contribution in [1.82, 2.24) is 9.78 Å². The van der Waals surface area contributed by atoms with Gasteiger partial charge in [0.1, 0.15) is 21.4 Å². The van der Waals surface area contributed by atoms with Crippen LogP contribution >= 0.6 is 32.8 Å². The Kier molecular flexibility index (Phi) is 8.08.